The Kier molecular flexibility index (Phi) is 7.46. The summed E-state index contributed by atoms with van der Waals surface area (Å²) < 4.78 is 11.5. The molecule has 0 fully saturated rings. The molecule has 0 aromatic heterocycles. The van der Waals surface area contributed by atoms with Crippen LogP contribution in [0.25, 0.3) is 12.2 Å². The van der Waals surface area contributed by atoms with Gasteiger partial charge < -0.3 is 20.5 Å². The van der Waals surface area contributed by atoms with Gasteiger partial charge >= 0.3 is 5.97 Å². The van der Waals surface area contributed by atoms with Gasteiger partial charge in [0.25, 0.3) is 5.91 Å². The first-order valence-electron chi connectivity index (χ1n) is 12.8. The normalized spacial score (nSPS) is 15.5. The molecule has 7 nitrogen and oxygen atoms in total. The van der Waals surface area contributed by atoms with Crippen molar-refractivity contribution in [3.8, 4) is 5.75 Å². The van der Waals surface area contributed by atoms with E-state index < -0.39 is 11.4 Å². The predicted octanol–water partition coefficient (Wildman–Crippen LogP) is 3.88. The maximum Gasteiger partial charge on any atom is 0.321 e. The number of nitrogens with one attached hydrogen (secondary N) is 2. The minimum atomic E-state index is -1.25. The number of amidine groups is 1. The van der Waals surface area contributed by atoms with E-state index in [0.29, 0.717) is 28.1 Å². The van der Waals surface area contributed by atoms with Gasteiger partial charge in [0.05, 0.1) is 7.11 Å². The highest BCUT2D eigenvalue weighted by atomic mass is 16.5. The summed E-state index contributed by atoms with van der Waals surface area (Å²) in [5.41, 5.74) is 7.16. The first kappa shape index (κ1) is 26.4. The standard InChI is InChI=1S/C33H29N3O4/c1-39-29-13-7-10-24-20-33(19-18-26(24)29,32(38)40-21-22-8-3-2-4-9-22)28-12-6-5-11-27(28)31(37)36-25-16-14-23(15-17-25)30(34)35/h2-18,20H,19,21H2,1H3,(H3,34,35)(H,36,37). The van der Waals surface area contributed by atoms with Gasteiger partial charge in [-0.2, -0.15) is 0 Å². The molecule has 7 heteroatoms. The summed E-state index contributed by atoms with van der Waals surface area (Å²) in [6.45, 7) is 0.108. The number of amides is 1. The second kappa shape index (κ2) is 11.3. The molecule has 1 atom stereocenters. The predicted molar refractivity (Wildman–Crippen MR) is 156 cm³/mol. The maximum absolute atomic E-state index is 14.0. The van der Waals surface area contributed by atoms with Gasteiger partial charge in [0, 0.05) is 22.0 Å². The van der Waals surface area contributed by atoms with E-state index in [1.54, 1.807) is 49.6 Å². The van der Waals surface area contributed by atoms with Gasteiger partial charge in [0.15, 0.2) is 0 Å². The fraction of sp³-hybridized carbons (Fsp3) is 0.121. The van der Waals surface area contributed by atoms with Crippen LogP contribution in [0, 0.1) is 5.41 Å². The topological polar surface area (TPSA) is 114 Å². The monoisotopic (exact) mass is 531 g/mol. The van der Waals surface area contributed by atoms with Crippen molar-refractivity contribution in [1.29, 1.82) is 5.41 Å². The molecule has 5 rings (SSSR count). The van der Waals surface area contributed by atoms with Gasteiger partial charge in [0.1, 0.15) is 23.6 Å². The van der Waals surface area contributed by atoms with Crippen molar-refractivity contribution in [3.05, 3.63) is 130 Å². The summed E-state index contributed by atoms with van der Waals surface area (Å²) in [4.78, 5) is 27.6. The van der Waals surface area contributed by atoms with Gasteiger partial charge in [-0.15, -0.1) is 0 Å². The number of fused-ring (bicyclic) bond motifs is 1. The number of methoxy groups -OCH3 is 1. The zero-order valence-electron chi connectivity index (χ0n) is 22.0. The average Bonchev–Trinajstić information content (AvgIpc) is 3.00. The lowest BCUT2D eigenvalue weighted by Crippen LogP contribution is -2.44. The lowest BCUT2D eigenvalue weighted by molar-refractivity contribution is -0.149. The summed E-state index contributed by atoms with van der Waals surface area (Å²) in [6, 6.07) is 29.0. The zero-order chi connectivity index (χ0) is 28.1. The highest BCUT2D eigenvalue weighted by molar-refractivity contribution is 6.08. The molecule has 0 spiro atoms. The number of benzene rings is 4. The maximum atomic E-state index is 14.0. The molecule has 40 heavy (non-hydrogen) atoms. The first-order chi connectivity index (χ1) is 19.4. The largest absolute Gasteiger partial charge is 0.496 e. The van der Waals surface area contributed by atoms with Crippen LogP contribution < -0.4 is 26.2 Å². The molecular formula is C33H29N3O4. The number of hydrogen-bond acceptors (Lipinski definition) is 5. The summed E-state index contributed by atoms with van der Waals surface area (Å²) in [5, 5.41) is 12.2. The number of carbonyl (C=O) groups excluding carboxylic acids is 2. The van der Waals surface area contributed by atoms with E-state index in [1.807, 2.05) is 66.7 Å². The molecule has 0 radical (unpaired) electrons. The van der Waals surface area contributed by atoms with Crippen molar-refractivity contribution in [2.75, 3.05) is 12.4 Å². The van der Waals surface area contributed by atoms with E-state index in [0.717, 1.165) is 16.0 Å². The number of carbonyl (C=O) groups is 2. The molecule has 1 unspecified atom stereocenters. The molecule has 1 aliphatic carbocycles. The Hall–Kier alpha value is -5.17. The fourth-order valence-electron chi connectivity index (χ4n) is 4.96. The van der Waals surface area contributed by atoms with Crippen molar-refractivity contribution >= 4 is 35.6 Å². The van der Waals surface area contributed by atoms with Crippen LogP contribution in [0.1, 0.15) is 33.5 Å². The third kappa shape index (κ3) is 5.22. The number of esters is 1. The van der Waals surface area contributed by atoms with E-state index in [1.165, 1.54) is 0 Å². The number of nitrogens with two attached hydrogens (primary N) is 1. The van der Waals surface area contributed by atoms with Crippen molar-refractivity contribution in [1.82, 2.24) is 0 Å². The lowest BCUT2D eigenvalue weighted by atomic mass is 9.72. The van der Waals surface area contributed by atoms with E-state index in [4.69, 9.17) is 20.6 Å². The van der Waals surface area contributed by atoms with Crippen LogP contribution >= 0.6 is 0 Å². The number of anilines is 1. The molecule has 4 N–H and O–H groups in total. The molecule has 200 valence electrons. The van der Waals surface area contributed by atoms with E-state index in [9.17, 15) is 9.59 Å². The van der Waals surface area contributed by atoms with Crippen molar-refractivity contribution < 1.29 is 19.1 Å². The number of hydrogen-bond donors (Lipinski definition) is 3. The number of ether oxygens (including phenoxy) is 2. The Balaban J connectivity index is 1.57. The first-order valence-corrected chi connectivity index (χ1v) is 12.8. The van der Waals surface area contributed by atoms with Crippen LogP contribution in [0.4, 0.5) is 5.69 Å². The molecule has 0 saturated carbocycles. The lowest BCUT2D eigenvalue weighted by Gasteiger charge is -2.31. The Morgan fingerprint density at radius 3 is 2.38 bits per heavy atom. The minimum Gasteiger partial charge on any atom is -0.496 e. The quantitative estimate of drug-likeness (QED) is 0.181. The SMILES string of the molecule is COc1cccc2c1=CCC(C(=O)OCc1ccccc1)(c1ccccc1C(=O)Nc1ccc(C(=N)N)cc1)C=2. The Bertz CT molecular complexity index is 1700. The summed E-state index contributed by atoms with van der Waals surface area (Å²) in [5.74, 6) is -0.168. The molecule has 4 aromatic carbocycles. The molecule has 0 aliphatic heterocycles. The third-order valence-electron chi connectivity index (χ3n) is 7.03. The molecule has 1 amide bonds. The Morgan fingerprint density at radius 2 is 1.65 bits per heavy atom. The smallest absolute Gasteiger partial charge is 0.321 e. The average molecular weight is 532 g/mol. The van der Waals surface area contributed by atoms with Crippen LogP contribution in [-0.4, -0.2) is 24.8 Å². The molecular weight excluding hydrogens is 502 g/mol. The molecule has 0 bridgehead atoms. The van der Waals surface area contributed by atoms with Gasteiger partial charge in [-0.3, -0.25) is 15.0 Å². The van der Waals surface area contributed by atoms with Crippen molar-refractivity contribution in [2.24, 2.45) is 5.73 Å². The summed E-state index contributed by atoms with van der Waals surface area (Å²) >= 11 is 0. The van der Waals surface area contributed by atoms with Crippen molar-refractivity contribution in [2.45, 2.75) is 18.4 Å². The fourth-order valence-corrected chi connectivity index (χ4v) is 4.96. The van der Waals surface area contributed by atoms with Gasteiger partial charge in [-0.05, 0) is 59.2 Å². The van der Waals surface area contributed by atoms with Gasteiger partial charge in [-0.1, -0.05) is 72.8 Å². The van der Waals surface area contributed by atoms with E-state index in [-0.39, 0.29) is 24.8 Å². The minimum absolute atomic E-state index is 0.0554. The highest BCUT2D eigenvalue weighted by Gasteiger charge is 2.42. The van der Waals surface area contributed by atoms with E-state index in [2.05, 4.69) is 5.32 Å². The molecule has 0 heterocycles. The van der Waals surface area contributed by atoms with Crippen LogP contribution in [0.2, 0.25) is 0 Å². The Morgan fingerprint density at radius 1 is 0.925 bits per heavy atom. The van der Waals surface area contributed by atoms with E-state index >= 15 is 0 Å². The Labute approximate surface area is 232 Å². The molecule has 4 aromatic rings. The summed E-state index contributed by atoms with van der Waals surface area (Å²) in [7, 11) is 1.61. The number of nitrogen functional groups attached to an aromatic ring is 1. The van der Waals surface area contributed by atoms with Gasteiger partial charge in [-0.25, -0.2) is 0 Å². The van der Waals surface area contributed by atoms with Crippen LogP contribution in [0.3, 0.4) is 0 Å². The van der Waals surface area contributed by atoms with Gasteiger partial charge in [0.2, 0.25) is 0 Å². The summed E-state index contributed by atoms with van der Waals surface area (Å²) in [6.07, 6.45) is 4.13. The van der Waals surface area contributed by atoms with Crippen LogP contribution in [-0.2, 0) is 21.6 Å². The van der Waals surface area contributed by atoms with Crippen LogP contribution in [0.5, 0.6) is 5.75 Å². The molecule has 0 saturated heterocycles. The zero-order valence-corrected chi connectivity index (χ0v) is 22.0. The van der Waals surface area contributed by atoms with Crippen molar-refractivity contribution in [3.63, 3.8) is 0 Å². The highest BCUT2D eigenvalue weighted by Crippen LogP contribution is 2.36. The second-order valence-electron chi connectivity index (χ2n) is 9.54. The number of rotatable bonds is 8. The second-order valence-corrected chi connectivity index (χ2v) is 9.54. The third-order valence-corrected chi connectivity index (χ3v) is 7.03. The van der Waals surface area contributed by atoms with Crippen LogP contribution in [0.15, 0.2) is 97.1 Å². The molecule has 1 aliphatic rings.